The Balaban J connectivity index is 1.99. The maximum absolute atomic E-state index is 12.3. The van der Waals surface area contributed by atoms with Crippen molar-refractivity contribution in [3.8, 4) is 5.88 Å². The van der Waals surface area contributed by atoms with Gasteiger partial charge in [0.1, 0.15) is 11.9 Å². The summed E-state index contributed by atoms with van der Waals surface area (Å²) < 4.78 is 10.6. The fourth-order valence-electron chi connectivity index (χ4n) is 2.13. The minimum absolute atomic E-state index is 0.0369. The van der Waals surface area contributed by atoms with Crippen LogP contribution in [-0.4, -0.2) is 54.7 Å². The van der Waals surface area contributed by atoms with Crippen LogP contribution in [0.3, 0.4) is 0 Å². The van der Waals surface area contributed by atoms with Crippen molar-refractivity contribution in [3.63, 3.8) is 0 Å². The molecule has 0 aliphatic carbocycles. The molecule has 3 N–H and O–H groups in total. The number of nitrogens with zero attached hydrogens (tertiary/aromatic N) is 2. The number of carbonyl (C=O) groups is 1. The van der Waals surface area contributed by atoms with Crippen LogP contribution in [0.1, 0.15) is 13.8 Å². The Kier molecular flexibility index (Phi) is 5.21. The van der Waals surface area contributed by atoms with Gasteiger partial charge in [-0.3, -0.25) is 4.79 Å². The topological polar surface area (TPSA) is 89.7 Å². The van der Waals surface area contributed by atoms with Gasteiger partial charge in [0.2, 0.25) is 11.8 Å². The molecule has 21 heavy (non-hydrogen) atoms. The van der Waals surface area contributed by atoms with E-state index < -0.39 is 0 Å². The normalized spacial score (nSPS) is 16.4. The third kappa shape index (κ3) is 3.98. The average molecular weight is 294 g/mol. The minimum atomic E-state index is -0.367. The first-order valence-corrected chi connectivity index (χ1v) is 7.14. The predicted molar refractivity (Wildman–Crippen MR) is 80.3 cm³/mol. The van der Waals surface area contributed by atoms with Crippen LogP contribution in [0.15, 0.2) is 12.1 Å². The number of nitrogen functional groups attached to an aromatic ring is 1. The highest BCUT2D eigenvalue weighted by molar-refractivity contribution is 5.84. The van der Waals surface area contributed by atoms with Crippen LogP contribution < -0.4 is 15.8 Å². The van der Waals surface area contributed by atoms with Gasteiger partial charge in [0, 0.05) is 13.1 Å². The Hall–Kier alpha value is -2.02. The molecule has 1 atom stereocenters. The molecule has 7 heteroatoms. The monoisotopic (exact) mass is 294 g/mol. The zero-order chi connectivity index (χ0) is 15.2. The van der Waals surface area contributed by atoms with Gasteiger partial charge in [0.05, 0.1) is 25.5 Å². The lowest BCUT2D eigenvalue weighted by molar-refractivity contribution is -0.135. The van der Waals surface area contributed by atoms with E-state index in [1.54, 1.807) is 17.0 Å². The van der Waals surface area contributed by atoms with E-state index in [9.17, 15) is 4.79 Å². The lowest BCUT2D eigenvalue weighted by atomic mass is 10.2. The fraction of sp³-hybridized carbons (Fsp3) is 0.571. The third-order valence-corrected chi connectivity index (χ3v) is 3.23. The lowest BCUT2D eigenvalue weighted by Crippen LogP contribution is -2.47. The summed E-state index contributed by atoms with van der Waals surface area (Å²) in [4.78, 5) is 18.4. The molecule has 0 radical (unpaired) electrons. The zero-order valence-corrected chi connectivity index (χ0v) is 12.5. The molecule has 2 rings (SSSR count). The van der Waals surface area contributed by atoms with E-state index >= 15 is 0 Å². The number of amides is 1. The van der Waals surface area contributed by atoms with Crippen LogP contribution in [0.2, 0.25) is 0 Å². The van der Waals surface area contributed by atoms with Gasteiger partial charge in [-0.05, 0) is 26.0 Å². The van der Waals surface area contributed by atoms with Gasteiger partial charge in [-0.1, -0.05) is 0 Å². The number of aromatic nitrogens is 1. The van der Waals surface area contributed by atoms with Gasteiger partial charge in [-0.2, -0.15) is 4.98 Å². The first-order valence-electron chi connectivity index (χ1n) is 7.14. The Morgan fingerprint density at radius 1 is 1.52 bits per heavy atom. The fourth-order valence-corrected chi connectivity index (χ4v) is 2.13. The summed E-state index contributed by atoms with van der Waals surface area (Å²) in [6, 6.07) is 3.08. The Labute approximate surface area is 124 Å². The summed E-state index contributed by atoms with van der Waals surface area (Å²) in [6.45, 7) is 6.61. The number of hydrogen-bond donors (Lipinski definition) is 2. The van der Waals surface area contributed by atoms with E-state index in [1.165, 1.54) is 0 Å². The highest BCUT2D eigenvalue weighted by Crippen LogP contribution is 2.21. The SMILES string of the molecule is CCOc1nc(NC(C)C(=O)N2CCOCC2)ccc1N. The first kappa shape index (κ1) is 15.4. The number of nitrogens with one attached hydrogen (secondary N) is 1. The molecule has 1 aliphatic heterocycles. The van der Waals surface area contributed by atoms with Crippen LogP contribution in [0.5, 0.6) is 5.88 Å². The molecule has 1 aliphatic rings. The van der Waals surface area contributed by atoms with Crippen molar-refractivity contribution >= 4 is 17.4 Å². The average Bonchev–Trinajstić information content (AvgIpc) is 2.51. The summed E-state index contributed by atoms with van der Waals surface area (Å²) in [5.41, 5.74) is 6.26. The predicted octanol–water partition coefficient (Wildman–Crippen LogP) is 0.722. The maximum atomic E-state index is 12.3. The van der Waals surface area contributed by atoms with Crippen molar-refractivity contribution in [2.75, 3.05) is 44.0 Å². The molecule has 7 nitrogen and oxygen atoms in total. The van der Waals surface area contributed by atoms with Gasteiger partial charge >= 0.3 is 0 Å². The minimum Gasteiger partial charge on any atom is -0.476 e. The summed E-state index contributed by atoms with van der Waals surface area (Å²) in [5, 5.41) is 3.09. The van der Waals surface area contributed by atoms with Crippen molar-refractivity contribution in [2.24, 2.45) is 0 Å². The van der Waals surface area contributed by atoms with Crippen LogP contribution in [-0.2, 0) is 9.53 Å². The van der Waals surface area contributed by atoms with Crippen LogP contribution in [0.25, 0.3) is 0 Å². The Morgan fingerprint density at radius 2 is 2.24 bits per heavy atom. The molecule has 0 aromatic carbocycles. The van der Waals surface area contributed by atoms with E-state index in [1.807, 2.05) is 13.8 Å². The number of anilines is 2. The van der Waals surface area contributed by atoms with E-state index in [2.05, 4.69) is 10.3 Å². The van der Waals surface area contributed by atoms with Gasteiger partial charge < -0.3 is 25.4 Å². The van der Waals surface area contributed by atoms with Crippen molar-refractivity contribution < 1.29 is 14.3 Å². The zero-order valence-electron chi connectivity index (χ0n) is 12.5. The van der Waals surface area contributed by atoms with Crippen molar-refractivity contribution in [3.05, 3.63) is 12.1 Å². The van der Waals surface area contributed by atoms with Gasteiger partial charge in [-0.25, -0.2) is 0 Å². The lowest BCUT2D eigenvalue weighted by Gasteiger charge is -2.29. The largest absolute Gasteiger partial charge is 0.476 e. The summed E-state index contributed by atoms with van der Waals surface area (Å²) in [6.07, 6.45) is 0. The molecule has 1 aromatic heterocycles. The van der Waals surface area contributed by atoms with Crippen molar-refractivity contribution in [2.45, 2.75) is 19.9 Å². The van der Waals surface area contributed by atoms with Crippen LogP contribution in [0.4, 0.5) is 11.5 Å². The highest BCUT2D eigenvalue weighted by atomic mass is 16.5. The summed E-state index contributed by atoms with van der Waals surface area (Å²) in [5.74, 6) is 0.991. The van der Waals surface area contributed by atoms with Gasteiger partial charge in [-0.15, -0.1) is 0 Å². The molecule has 0 spiro atoms. The Morgan fingerprint density at radius 3 is 2.90 bits per heavy atom. The highest BCUT2D eigenvalue weighted by Gasteiger charge is 2.22. The molecule has 1 amide bonds. The molecule has 116 valence electrons. The quantitative estimate of drug-likeness (QED) is 0.832. The molecule has 0 saturated carbocycles. The maximum Gasteiger partial charge on any atom is 0.244 e. The third-order valence-electron chi connectivity index (χ3n) is 3.23. The number of hydrogen-bond acceptors (Lipinski definition) is 6. The summed E-state index contributed by atoms with van der Waals surface area (Å²) >= 11 is 0. The number of rotatable bonds is 5. The second-order valence-electron chi connectivity index (χ2n) is 4.83. The van der Waals surface area contributed by atoms with Gasteiger partial charge in [0.25, 0.3) is 0 Å². The van der Waals surface area contributed by atoms with E-state index in [0.717, 1.165) is 0 Å². The van der Waals surface area contributed by atoms with Gasteiger partial charge in [0.15, 0.2) is 0 Å². The van der Waals surface area contributed by atoms with Crippen molar-refractivity contribution in [1.29, 1.82) is 0 Å². The summed E-state index contributed by atoms with van der Waals surface area (Å²) in [7, 11) is 0. The van der Waals surface area contributed by atoms with Crippen LogP contribution >= 0.6 is 0 Å². The molecule has 1 fully saturated rings. The standard InChI is InChI=1S/C14H22N4O3/c1-3-21-13-11(15)4-5-12(17-13)16-10(2)14(19)18-6-8-20-9-7-18/h4-5,10H,3,6-9,15H2,1-2H3,(H,16,17). The second kappa shape index (κ2) is 7.12. The number of morpholine rings is 1. The van der Waals surface area contributed by atoms with E-state index in [0.29, 0.717) is 50.3 Å². The number of carbonyl (C=O) groups excluding carboxylic acids is 1. The Bertz CT molecular complexity index is 489. The number of pyridine rings is 1. The molecule has 1 aromatic rings. The molecule has 2 heterocycles. The number of nitrogens with two attached hydrogens (primary N) is 1. The molecule has 1 unspecified atom stereocenters. The smallest absolute Gasteiger partial charge is 0.244 e. The van der Waals surface area contributed by atoms with E-state index in [-0.39, 0.29) is 11.9 Å². The molecular formula is C14H22N4O3. The second-order valence-corrected chi connectivity index (χ2v) is 4.83. The molecule has 0 bridgehead atoms. The number of ether oxygens (including phenoxy) is 2. The first-order chi connectivity index (χ1) is 10.1. The molecule has 1 saturated heterocycles. The van der Waals surface area contributed by atoms with Crippen LogP contribution in [0, 0.1) is 0 Å². The van der Waals surface area contributed by atoms with E-state index in [4.69, 9.17) is 15.2 Å². The van der Waals surface area contributed by atoms with Crippen molar-refractivity contribution in [1.82, 2.24) is 9.88 Å². The molecular weight excluding hydrogens is 272 g/mol.